The summed E-state index contributed by atoms with van der Waals surface area (Å²) in [5, 5.41) is 14.2. The first-order valence-corrected chi connectivity index (χ1v) is 6.46. The van der Waals surface area contributed by atoms with Gasteiger partial charge < -0.3 is 9.94 Å². The van der Waals surface area contributed by atoms with Crippen LogP contribution in [0.15, 0.2) is 40.1 Å². The van der Waals surface area contributed by atoms with Crippen LogP contribution in [0.1, 0.15) is 12.0 Å². The van der Waals surface area contributed by atoms with Crippen molar-refractivity contribution in [2.45, 2.75) is 12.5 Å². The number of benzene rings is 1. The Morgan fingerprint density at radius 3 is 3.06 bits per heavy atom. The van der Waals surface area contributed by atoms with Gasteiger partial charge in [0.05, 0.1) is 17.8 Å². The summed E-state index contributed by atoms with van der Waals surface area (Å²) in [6.07, 6.45) is 2.14. The van der Waals surface area contributed by atoms with Crippen molar-refractivity contribution in [3.63, 3.8) is 0 Å². The summed E-state index contributed by atoms with van der Waals surface area (Å²) in [6.45, 7) is -0.0190. The molecule has 4 nitrogen and oxygen atoms in total. The predicted molar refractivity (Wildman–Crippen MR) is 72.6 cm³/mol. The van der Waals surface area contributed by atoms with Crippen molar-refractivity contribution >= 4 is 32.5 Å². The summed E-state index contributed by atoms with van der Waals surface area (Å²) in [4.78, 5) is 9.56. The molecular formula is C13H11BrN2O2. The molecular weight excluding hydrogens is 296 g/mol. The molecule has 0 radical (unpaired) electrons. The van der Waals surface area contributed by atoms with Gasteiger partial charge in [-0.25, -0.2) is 0 Å². The Balaban J connectivity index is 2.11. The highest BCUT2D eigenvalue weighted by Gasteiger charge is 2.23. The quantitative estimate of drug-likeness (QED) is 0.927. The molecule has 0 amide bonds. The third kappa shape index (κ3) is 1.89. The zero-order valence-corrected chi connectivity index (χ0v) is 11.1. The Kier molecular flexibility index (Phi) is 3.01. The van der Waals surface area contributed by atoms with Gasteiger partial charge in [0.2, 0.25) is 0 Å². The fourth-order valence-electron chi connectivity index (χ4n) is 2.06. The van der Waals surface area contributed by atoms with Gasteiger partial charge in [-0.05, 0) is 18.2 Å². The van der Waals surface area contributed by atoms with Crippen LogP contribution in [-0.4, -0.2) is 28.5 Å². The van der Waals surface area contributed by atoms with Crippen molar-refractivity contribution in [2.24, 2.45) is 5.16 Å². The van der Waals surface area contributed by atoms with E-state index in [0.717, 1.165) is 26.7 Å². The number of halogens is 1. The van der Waals surface area contributed by atoms with E-state index in [1.165, 1.54) is 0 Å². The average molecular weight is 307 g/mol. The minimum absolute atomic E-state index is 0.0190. The molecule has 0 spiro atoms. The number of aliphatic hydroxyl groups is 1. The third-order valence-electron chi connectivity index (χ3n) is 2.96. The van der Waals surface area contributed by atoms with E-state index >= 15 is 0 Å². The predicted octanol–water partition coefficient (Wildman–Crippen LogP) is 2.48. The fraction of sp³-hybridized carbons (Fsp3) is 0.231. The number of rotatable bonds is 2. The van der Waals surface area contributed by atoms with Crippen molar-refractivity contribution in [3.8, 4) is 0 Å². The molecule has 2 aromatic rings. The Morgan fingerprint density at radius 1 is 1.39 bits per heavy atom. The largest absolute Gasteiger partial charge is 0.392 e. The van der Waals surface area contributed by atoms with Gasteiger partial charge in [-0.1, -0.05) is 27.2 Å². The molecule has 0 fully saturated rings. The van der Waals surface area contributed by atoms with E-state index in [-0.39, 0.29) is 12.7 Å². The number of hydrogen-bond acceptors (Lipinski definition) is 4. The van der Waals surface area contributed by atoms with Gasteiger partial charge in [-0.15, -0.1) is 0 Å². The lowest BCUT2D eigenvalue weighted by Gasteiger charge is -2.06. The minimum atomic E-state index is -0.234. The van der Waals surface area contributed by atoms with Gasteiger partial charge in [0.1, 0.15) is 0 Å². The number of pyridine rings is 1. The van der Waals surface area contributed by atoms with Gasteiger partial charge in [0.25, 0.3) is 0 Å². The van der Waals surface area contributed by atoms with E-state index in [9.17, 15) is 0 Å². The molecule has 3 rings (SSSR count). The zero-order valence-electron chi connectivity index (χ0n) is 9.51. The van der Waals surface area contributed by atoms with Crippen molar-refractivity contribution < 1.29 is 9.94 Å². The molecule has 5 heteroatoms. The van der Waals surface area contributed by atoms with Crippen LogP contribution in [0.5, 0.6) is 0 Å². The van der Waals surface area contributed by atoms with Crippen LogP contribution in [0.4, 0.5) is 0 Å². The van der Waals surface area contributed by atoms with Crippen molar-refractivity contribution in [1.82, 2.24) is 4.98 Å². The fourth-order valence-corrected chi connectivity index (χ4v) is 2.51. The van der Waals surface area contributed by atoms with E-state index in [4.69, 9.17) is 9.94 Å². The first-order chi connectivity index (χ1) is 8.79. The lowest BCUT2D eigenvalue weighted by atomic mass is 10.0. The standard InChI is InChI=1S/C13H11BrN2O2/c14-11-4-3-10(12-6-8(7-17)18-16-12)13-9(11)2-1-5-15-13/h1-5,8,17H,6-7H2. The summed E-state index contributed by atoms with van der Waals surface area (Å²) in [6, 6.07) is 7.87. The zero-order chi connectivity index (χ0) is 12.5. The Bertz CT molecular complexity index is 627. The number of aliphatic hydroxyl groups excluding tert-OH is 1. The van der Waals surface area contributed by atoms with E-state index in [1.807, 2.05) is 24.3 Å². The van der Waals surface area contributed by atoms with Gasteiger partial charge in [0.15, 0.2) is 6.10 Å². The van der Waals surface area contributed by atoms with Gasteiger partial charge in [-0.2, -0.15) is 0 Å². The lowest BCUT2D eigenvalue weighted by molar-refractivity contribution is 0.0390. The molecule has 0 aliphatic carbocycles. The maximum Gasteiger partial charge on any atom is 0.156 e. The molecule has 1 aliphatic rings. The maximum absolute atomic E-state index is 9.07. The Labute approximate surface area is 112 Å². The molecule has 0 saturated heterocycles. The molecule has 0 bridgehead atoms. The molecule has 2 heterocycles. The molecule has 1 N–H and O–H groups in total. The van der Waals surface area contributed by atoms with E-state index < -0.39 is 0 Å². The number of hydrogen-bond donors (Lipinski definition) is 1. The number of fused-ring (bicyclic) bond motifs is 1. The monoisotopic (exact) mass is 306 g/mol. The topological polar surface area (TPSA) is 54.7 Å². The number of oxime groups is 1. The highest BCUT2D eigenvalue weighted by Crippen LogP contribution is 2.28. The van der Waals surface area contributed by atoms with Gasteiger partial charge >= 0.3 is 0 Å². The van der Waals surface area contributed by atoms with Crippen LogP contribution in [0.3, 0.4) is 0 Å². The van der Waals surface area contributed by atoms with Crippen LogP contribution in [-0.2, 0) is 4.84 Å². The normalized spacial score (nSPS) is 18.8. The first kappa shape index (κ1) is 11.6. The second-order valence-corrected chi connectivity index (χ2v) is 5.00. The second-order valence-electron chi connectivity index (χ2n) is 4.15. The Morgan fingerprint density at radius 2 is 2.28 bits per heavy atom. The smallest absolute Gasteiger partial charge is 0.156 e. The highest BCUT2D eigenvalue weighted by molar-refractivity contribution is 9.10. The van der Waals surface area contributed by atoms with Crippen LogP contribution >= 0.6 is 15.9 Å². The minimum Gasteiger partial charge on any atom is -0.392 e. The first-order valence-electron chi connectivity index (χ1n) is 5.66. The summed E-state index contributed by atoms with van der Waals surface area (Å²) >= 11 is 3.51. The molecule has 1 unspecified atom stereocenters. The molecule has 1 atom stereocenters. The molecule has 1 aromatic carbocycles. The van der Waals surface area contributed by atoms with E-state index in [1.54, 1.807) is 6.20 Å². The van der Waals surface area contributed by atoms with Crippen molar-refractivity contribution in [1.29, 1.82) is 0 Å². The van der Waals surface area contributed by atoms with Crippen molar-refractivity contribution in [2.75, 3.05) is 6.61 Å². The molecule has 1 aromatic heterocycles. The number of nitrogens with zero attached hydrogens (tertiary/aromatic N) is 2. The molecule has 92 valence electrons. The van der Waals surface area contributed by atoms with Gasteiger partial charge in [0, 0.05) is 28.0 Å². The molecule has 18 heavy (non-hydrogen) atoms. The summed E-state index contributed by atoms with van der Waals surface area (Å²) < 4.78 is 1.01. The Hall–Kier alpha value is -1.46. The highest BCUT2D eigenvalue weighted by atomic mass is 79.9. The van der Waals surface area contributed by atoms with E-state index in [2.05, 4.69) is 26.1 Å². The van der Waals surface area contributed by atoms with Crippen LogP contribution in [0.25, 0.3) is 10.9 Å². The lowest BCUT2D eigenvalue weighted by Crippen LogP contribution is -2.13. The SMILES string of the molecule is OCC1CC(c2ccc(Br)c3cccnc23)=NO1. The molecule has 0 saturated carbocycles. The summed E-state index contributed by atoms with van der Waals surface area (Å²) in [7, 11) is 0. The number of aromatic nitrogens is 1. The van der Waals surface area contributed by atoms with Crippen LogP contribution in [0.2, 0.25) is 0 Å². The second kappa shape index (κ2) is 4.66. The van der Waals surface area contributed by atoms with E-state index in [0.29, 0.717) is 6.42 Å². The van der Waals surface area contributed by atoms with Crippen LogP contribution < -0.4 is 0 Å². The molecule has 1 aliphatic heterocycles. The van der Waals surface area contributed by atoms with Crippen LogP contribution in [0, 0.1) is 0 Å². The third-order valence-corrected chi connectivity index (χ3v) is 3.66. The van der Waals surface area contributed by atoms with Gasteiger partial charge in [-0.3, -0.25) is 4.98 Å². The summed E-state index contributed by atoms with van der Waals surface area (Å²) in [5.74, 6) is 0. The van der Waals surface area contributed by atoms with Crippen molar-refractivity contribution in [3.05, 3.63) is 40.5 Å². The maximum atomic E-state index is 9.07. The average Bonchev–Trinajstić information content (AvgIpc) is 2.88. The summed E-state index contributed by atoms with van der Waals surface area (Å²) in [5.41, 5.74) is 2.70.